The topological polar surface area (TPSA) is 101 Å². The van der Waals surface area contributed by atoms with Gasteiger partial charge in [0.15, 0.2) is 9.84 Å². The summed E-state index contributed by atoms with van der Waals surface area (Å²) in [5, 5.41) is 12.7. The third-order valence-corrected chi connectivity index (χ3v) is 4.74. The number of carboxylic acids is 1. The molecule has 0 aromatic carbocycles. The Kier molecular flexibility index (Phi) is 3.75. The van der Waals surface area contributed by atoms with E-state index >= 15 is 0 Å². The van der Waals surface area contributed by atoms with Crippen molar-refractivity contribution in [1.82, 2.24) is 5.32 Å². The second kappa shape index (κ2) is 5.16. The van der Waals surface area contributed by atoms with Crippen LogP contribution in [0.1, 0.15) is 12.8 Å². The average molecular weight is 285 g/mol. The van der Waals surface area contributed by atoms with Gasteiger partial charge in [-0.1, -0.05) is 12.2 Å². The number of carboxylic acid groups (broad SMARTS) is 1. The van der Waals surface area contributed by atoms with Crippen LogP contribution in [-0.2, 0) is 19.4 Å². The number of nitrogens with one attached hydrogen (secondary N) is 1. The van der Waals surface area contributed by atoms with E-state index < -0.39 is 39.6 Å². The van der Waals surface area contributed by atoms with Crippen LogP contribution in [0.4, 0.5) is 0 Å². The van der Waals surface area contributed by atoms with Crippen molar-refractivity contribution in [3.05, 3.63) is 23.6 Å². The minimum absolute atomic E-state index is 0.154. The van der Waals surface area contributed by atoms with Gasteiger partial charge in [0.2, 0.25) is 5.91 Å². The van der Waals surface area contributed by atoms with E-state index in [4.69, 9.17) is 5.11 Å². The first kappa shape index (κ1) is 13.8. The maximum atomic E-state index is 12.0. The predicted molar refractivity (Wildman–Crippen MR) is 67.8 cm³/mol. The quantitative estimate of drug-likeness (QED) is 0.715. The van der Waals surface area contributed by atoms with Crippen molar-refractivity contribution < 1.29 is 23.1 Å². The Balaban J connectivity index is 2.02. The Bertz CT molecular complexity index is 548. The molecule has 104 valence electrons. The third kappa shape index (κ3) is 3.23. The van der Waals surface area contributed by atoms with Gasteiger partial charge in [0, 0.05) is 5.41 Å². The number of hydrogen-bond acceptors (Lipinski definition) is 4. The Labute approximate surface area is 111 Å². The third-order valence-electron chi connectivity index (χ3n) is 3.34. The van der Waals surface area contributed by atoms with Crippen LogP contribution in [0.2, 0.25) is 0 Å². The molecule has 0 fully saturated rings. The molecule has 3 atom stereocenters. The molecule has 0 saturated heterocycles. The highest BCUT2D eigenvalue weighted by molar-refractivity contribution is 7.94. The normalized spacial score (nSPS) is 32.1. The van der Waals surface area contributed by atoms with E-state index in [1.54, 1.807) is 12.2 Å². The molecule has 1 aliphatic heterocycles. The molecule has 6 nitrogen and oxygen atoms in total. The predicted octanol–water partition coefficient (Wildman–Crippen LogP) is 0.0803. The van der Waals surface area contributed by atoms with Crippen LogP contribution in [0.25, 0.3) is 0 Å². The highest BCUT2D eigenvalue weighted by Gasteiger charge is 2.35. The lowest BCUT2D eigenvalue weighted by Gasteiger charge is -2.25. The lowest BCUT2D eigenvalue weighted by Crippen LogP contribution is -2.43. The van der Waals surface area contributed by atoms with Crippen LogP contribution in [-0.4, -0.2) is 37.2 Å². The van der Waals surface area contributed by atoms with Gasteiger partial charge in [-0.05, 0) is 18.9 Å². The molecule has 2 rings (SSSR count). The number of aliphatic carboxylic acids is 1. The summed E-state index contributed by atoms with van der Waals surface area (Å²) in [5.74, 6) is -2.94. The summed E-state index contributed by atoms with van der Waals surface area (Å²) in [6, 6.07) is -0.558. The summed E-state index contributed by atoms with van der Waals surface area (Å²) in [6.45, 7) is 0. The summed E-state index contributed by atoms with van der Waals surface area (Å²) in [6.07, 6.45) is 5.65. The first-order chi connectivity index (χ1) is 8.89. The second-order valence-electron chi connectivity index (χ2n) is 4.77. The molecule has 1 unspecified atom stereocenters. The number of rotatable bonds is 3. The average Bonchev–Trinajstić information content (AvgIpc) is 2.68. The molecule has 0 bridgehead atoms. The van der Waals surface area contributed by atoms with Gasteiger partial charge in [0.25, 0.3) is 0 Å². The zero-order valence-corrected chi connectivity index (χ0v) is 11.0. The lowest BCUT2D eigenvalue weighted by atomic mass is 9.82. The summed E-state index contributed by atoms with van der Waals surface area (Å²) in [4.78, 5) is 23.1. The largest absolute Gasteiger partial charge is 0.481 e. The first-order valence-corrected chi connectivity index (χ1v) is 7.70. The van der Waals surface area contributed by atoms with E-state index in [2.05, 4.69) is 5.32 Å². The summed E-state index contributed by atoms with van der Waals surface area (Å²) < 4.78 is 22.5. The van der Waals surface area contributed by atoms with E-state index in [1.165, 1.54) is 6.08 Å². The van der Waals surface area contributed by atoms with Gasteiger partial charge in [0.05, 0.1) is 23.6 Å². The number of amides is 1. The Morgan fingerprint density at radius 3 is 2.32 bits per heavy atom. The van der Waals surface area contributed by atoms with Crippen LogP contribution in [0.15, 0.2) is 23.6 Å². The zero-order chi connectivity index (χ0) is 14.0. The van der Waals surface area contributed by atoms with E-state index in [9.17, 15) is 18.0 Å². The first-order valence-electron chi connectivity index (χ1n) is 5.98. The Hall–Kier alpha value is -1.63. The molecule has 7 heteroatoms. The van der Waals surface area contributed by atoms with Gasteiger partial charge >= 0.3 is 5.97 Å². The van der Waals surface area contributed by atoms with Gasteiger partial charge < -0.3 is 10.4 Å². The van der Waals surface area contributed by atoms with E-state index in [0.717, 1.165) is 5.41 Å². The lowest BCUT2D eigenvalue weighted by molar-refractivity contribution is -0.147. The molecule has 1 heterocycles. The van der Waals surface area contributed by atoms with Crippen LogP contribution >= 0.6 is 0 Å². The molecule has 0 radical (unpaired) electrons. The minimum Gasteiger partial charge on any atom is -0.481 e. The van der Waals surface area contributed by atoms with Gasteiger partial charge in [0.1, 0.15) is 0 Å². The Morgan fingerprint density at radius 2 is 1.79 bits per heavy atom. The van der Waals surface area contributed by atoms with Crippen molar-refractivity contribution in [3.8, 4) is 0 Å². The number of carbonyl (C=O) groups is 2. The second-order valence-corrected chi connectivity index (χ2v) is 6.70. The SMILES string of the molecule is O=C(O)[C@H]1CC=CC[C@H]1C(=O)NC1C=CS(=O)(=O)C1. The zero-order valence-electron chi connectivity index (χ0n) is 10.2. The van der Waals surface area contributed by atoms with Crippen molar-refractivity contribution in [3.63, 3.8) is 0 Å². The minimum atomic E-state index is -3.23. The maximum absolute atomic E-state index is 12.0. The fourth-order valence-electron chi connectivity index (χ4n) is 2.33. The maximum Gasteiger partial charge on any atom is 0.307 e. The van der Waals surface area contributed by atoms with Crippen molar-refractivity contribution in [2.24, 2.45) is 11.8 Å². The fraction of sp³-hybridized carbons (Fsp3) is 0.500. The molecule has 0 aromatic rings. The van der Waals surface area contributed by atoms with Crippen molar-refractivity contribution in [1.29, 1.82) is 0 Å². The van der Waals surface area contributed by atoms with Crippen LogP contribution in [0.3, 0.4) is 0 Å². The molecule has 0 aromatic heterocycles. The van der Waals surface area contributed by atoms with Crippen LogP contribution in [0.5, 0.6) is 0 Å². The van der Waals surface area contributed by atoms with Gasteiger partial charge in [-0.25, -0.2) is 8.42 Å². The van der Waals surface area contributed by atoms with Crippen molar-refractivity contribution in [2.45, 2.75) is 18.9 Å². The van der Waals surface area contributed by atoms with Crippen LogP contribution < -0.4 is 5.32 Å². The molecule has 1 aliphatic carbocycles. The van der Waals surface area contributed by atoms with E-state index in [0.29, 0.717) is 12.8 Å². The number of hydrogen-bond donors (Lipinski definition) is 2. The molecule has 0 saturated carbocycles. The molecular weight excluding hydrogens is 270 g/mol. The summed E-state index contributed by atoms with van der Waals surface area (Å²) in [7, 11) is -3.23. The van der Waals surface area contributed by atoms with Crippen molar-refractivity contribution in [2.75, 3.05) is 5.75 Å². The molecule has 19 heavy (non-hydrogen) atoms. The fourth-order valence-corrected chi connectivity index (χ4v) is 3.57. The summed E-state index contributed by atoms with van der Waals surface area (Å²) >= 11 is 0. The molecule has 2 aliphatic rings. The molecular formula is C12H15NO5S. The van der Waals surface area contributed by atoms with Crippen LogP contribution in [0, 0.1) is 11.8 Å². The van der Waals surface area contributed by atoms with Gasteiger partial charge in [-0.3, -0.25) is 9.59 Å². The molecule has 2 N–H and O–H groups in total. The van der Waals surface area contributed by atoms with Gasteiger partial charge in [-0.2, -0.15) is 0 Å². The standard InChI is InChI=1S/C12H15NO5S/c14-11(13-8-5-6-19(17,18)7-8)9-3-1-2-4-10(9)12(15)16/h1-2,5-6,8-10H,3-4,7H2,(H,13,14)(H,15,16)/t8?,9-,10+/m1/s1. The van der Waals surface area contributed by atoms with Gasteiger partial charge in [-0.15, -0.1) is 0 Å². The highest BCUT2D eigenvalue weighted by Crippen LogP contribution is 2.26. The summed E-state index contributed by atoms with van der Waals surface area (Å²) in [5.41, 5.74) is 0. The number of sulfone groups is 1. The molecule has 0 spiro atoms. The number of allylic oxidation sites excluding steroid dienone is 2. The smallest absolute Gasteiger partial charge is 0.307 e. The highest BCUT2D eigenvalue weighted by atomic mass is 32.2. The molecule has 1 amide bonds. The Morgan fingerprint density at radius 1 is 1.16 bits per heavy atom. The number of carbonyl (C=O) groups excluding carboxylic acids is 1. The van der Waals surface area contributed by atoms with E-state index in [1.807, 2.05) is 0 Å². The monoisotopic (exact) mass is 285 g/mol. The van der Waals surface area contributed by atoms with E-state index in [-0.39, 0.29) is 5.75 Å². The van der Waals surface area contributed by atoms with Crippen molar-refractivity contribution >= 4 is 21.7 Å².